The quantitative estimate of drug-likeness (QED) is 0.150. The van der Waals surface area contributed by atoms with Crippen LogP contribution < -0.4 is 11.3 Å². The van der Waals surface area contributed by atoms with Gasteiger partial charge in [-0.3, -0.25) is 23.4 Å². The number of ether oxygens (including phenoxy) is 2. The molecular formula is C16H25N5O14P2. The molecule has 10 atom stereocenters. The molecule has 0 aromatic carbocycles. The number of hydrogen-bond acceptors (Lipinski definition) is 15. The van der Waals surface area contributed by atoms with Crippen molar-refractivity contribution in [1.82, 2.24) is 19.5 Å². The first-order valence-corrected chi connectivity index (χ1v) is 13.6. The predicted molar refractivity (Wildman–Crippen MR) is 117 cm³/mol. The molecule has 2 aromatic rings. The van der Waals surface area contributed by atoms with Gasteiger partial charge in [0.1, 0.15) is 24.4 Å². The smallest absolute Gasteiger partial charge is 0.388 e. The molecule has 2 aliphatic rings. The highest BCUT2D eigenvalue weighted by molar-refractivity contribution is 7.61. The van der Waals surface area contributed by atoms with Crippen LogP contribution in [0, 0.1) is 0 Å². The summed E-state index contributed by atoms with van der Waals surface area (Å²) >= 11 is 0. The minimum atomic E-state index is -5.43. The Morgan fingerprint density at radius 1 is 1.16 bits per heavy atom. The molecule has 4 rings (SSSR count). The number of aliphatic hydroxyl groups is 4. The van der Waals surface area contributed by atoms with Gasteiger partial charge in [0, 0.05) is 6.42 Å². The van der Waals surface area contributed by atoms with Crippen LogP contribution in [-0.2, 0) is 32.0 Å². The van der Waals surface area contributed by atoms with E-state index in [9.17, 15) is 44.1 Å². The van der Waals surface area contributed by atoms with Gasteiger partial charge in [0.25, 0.3) is 5.56 Å². The summed E-state index contributed by atoms with van der Waals surface area (Å²) in [5, 5.41) is 39.7. The van der Waals surface area contributed by atoms with E-state index in [4.69, 9.17) is 19.7 Å². The number of phosphoric acid groups is 2. The maximum atomic E-state index is 12.2. The van der Waals surface area contributed by atoms with Crippen LogP contribution in [0.4, 0.5) is 5.95 Å². The fraction of sp³-hybridized carbons (Fsp3) is 0.688. The van der Waals surface area contributed by atoms with Crippen molar-refractivity contribution in [1.29, 1.82) is 0 Å². The summed E-state index contributed by atoms with van der Waals surface area (Å²) in [6, 6.07) is 0. The van der Waals surface area contributed by atoms with Gasteiger partial charge in [0.05, 0.1) is 25.1 Å². The molecule has 0 saturated carbocycles. The standard InChI is InChI=1S/C16H25N5O14P2/c1-5-9(23)10(24)11(25)15(32-5)34-37(29,30)35-36(27,28)31-3-6-2-7(22)14(33-6)21-4-18-8-12(21)19-16(17)20-13(8)26/h4-7,9-11,14-15,22-25H,2-3H2,1H3,(H,27,28)(H,29,30)(H3,17,19,20,26)/t5-,6+,7-,9-,10+,11+,14-,15-/m1/s1. The van der Waals surface area contributed by atoms with Crippen molar-refractivity contribution >= 4 is 32.8 Å². The molecular weight excluding hydrogens is 548 g/mol. The second kappa shape index (κ2) is 10.4. The van der Waals surface area contributed by atoms with Crippen molar-refractivity contribution in [3.63, 3.8) is 0 Å². The fourth-order valence-electron chi connectivity index (χ4n) is 3.80. The molecule has 4 heterocycles. The number of nitrogens with two attached hydrogens (primary N) is 1. The normalized spacial score (nSPS) is 35.9. The molecule has 21 heteroatoms. The predicted octanol–water partition coefficient (Wildman–Crippen LogP) is -2.57. The Hall–Kier alpha value is -1.83. The van der Waals surface area contributed by atoms with E-state index in [2.05, 4.69) is 23.8 Å². The molecule has 0 aliphatic carbocycles. The lowest BCUT2D eigenvalue weighted by Gasteiger charge is -2.38. The third-order valence-electron chi connectivity index (χ3n) is 5.57. The Bertz CT molecular complexity index is 1290. The number of rotatable bonds is 8. The fourth-order valence-corrected chi connectivity index (χ4v) is 5.98. The molecule has 2 aliphatic heterocycles. The number of aromatic amines is 1. The third-order valence-corrected chi connectivity index (χ3v) is 8.17. The van der Waals surface area contributed by atoms with Crippen molar-refractivity contribution in [3.05, 3.63) is 16.7 Å². The molecule has 0 radical (unpaired) electrons. The second-order valence-corrected chi connectivity index (χ2v) is 11.3. The molecule has 37 heavy (non-hydrogen) atoms. The van der Waals surface area contributed by atoms with Gasteiger partial charge < -0.3 is 45.4 Å². The van der Waals surface area contributed by atoms with Crippen molar-refractivity contribution in [2.45, 2.75) is 62.5 Å². The van der Waals surface area contributed by atoms with Crippen LogP contribution in [0.15, 0.2) is 11.1 Å². The summed E-state index contributed by atoms with van der Waals surface area (Å²) in [6.45, 7) is 0.576. The number of aromatic nitrogens is 4. The first kappa shape index (κ1) is 28.2. The molecule has 2 saturated heterocycles. The maximum absolute atomic E-state index is 12.2. The molecule has 9 N–H and O–H groups in total. The van der Waals surface area contributed by atoms with Gasteiger partial charge in [-0.05, 0) is 6.92 Å². The van der Waals surface area contributed by atoms with E-state index in [1.807, 2.05) is 0 Å². The van der Waals surface area contributed by atoms with Gasteiger partial charge in [-0.1, -0.05) is 0 Å². The molecule has 0 bridgehead atoms. The Morgan fingerprint density at radius 2 is 1.86 bits per heavy atom. The minimum Gasteiger partial charge on any atom is -0.388 e. The molecule has 208 valence electrons. The highest BCUT2D eigenvalue weighted by atomic mass is 31.3. The zero-order chi connectivity index (χ0) is 27.3. The summed E-state index contributed by atoms with van der Waals surface area (Å²) in [6.07, 6.45) is -10.7. The van der Waals surface area contributed by atoms with Crippen LogP contribution in [-0.4, -0.2) is 99.3 Å². The average Bonchev–Trinajstić information content (AvgIpc) is 3.36. The van der Waals surface area contributed by atoms with Gasteiger partial charge in [-0.25, -0.2) is 14.1 Å². The number of anilines is 1. The lowest BCUT2D eigenvalue weighted by molar-refractivity contribution is -0.271. The van der Waals surface area contributed by atoms with Gasteiger partial charge in [-0.15, -0.1) is 0 Å². The molecule has 19 nitrogen and oxygen atoms in total. The summed E-state index contributed by atoms with van der Waals surface area (Å²) < 4.78 is 49.7. The average molecular weight is 573 g/mol. The summed E-state index contributed by atoms with van der Waals surface area (Å²) in [5.41, 5.74) is 4.87. The van der Waals surface area contributed by atoms with Crippen LogP contribution in [0.2, 0.25) is 0 Å². The van der Waals surface area contributed by atoms with Gasteiger partial charge in [0.15, 0.2) is 23.7 Å². The number of aliphatic hydroxyl groups excluding tert-OH is 4. The van der Waals surface area contributed by atoms with E-state index in [1.54, 1.807) is 0 Å². The van der Waals surface area contributed by atoms with Crippen LogP contribution in [0.3, 0.4) is 0 Å². The summed E-state index contributed by atoms with van der Waals surface area (Å²) in [7, 11) is -10.7. The Kier molecular flexibility index (Phi) is 7.91. The number of imidazole rings is 1. The number of H-pyrrole nitrogens is 1. The lowest BCUT2D eigenvalue weighted by Crippen LogP contribution is -2.57. The minimum absolute atomic E-state index is 0.0143. The van der Waals surface area contributed by atoms with E-state index in [0.717, 1.165) is 0 Å². The number of nitrogens with one attached hydrogen (secondary N) is 1. The number of phosphoric ester groups is 2. The van der Waals surface area contributed by atoms with E-state index in [0.29, 0.717) is 0 Å². The summed E-state index contributed by atoms with van der Waals surface area (Å²) in [4.78, 5) is 41.8. The van der Waals surface area contributed by atoms with Crippen molar-refractivity contribution in [3.8, 4) is 0 Å². The SMILES string of the molecule is C[C@H]1O[C@H](OP(=O)(O)OP(=O)(O)OC[C@@H]2C[C@@H](O)[C@H](n3cnc4c(=O)[nH]c(N)nc43)O2)[C@@H](O)[C@@H](O)[C@@H]1O. The number of fused-ring (bicyclic) bond motifs is 1. The highest BCUT2D eigenvalue weighted by Crippen LogP contribution is 2.61. The van der Waals surface area contributed by atoms with E-state index in [-0.39, 0.29) is 23.5 Å². The van der Waals surface area contributed by atoms with Crippen molar-refractivity contribution < 1.29 is 62.2 Å². The summed E-state index contributed by atoms with van der Waals surface area (Å²) in [5.74, 6) is -0.202. The van der Waals surface area contributed by atoms with Crippen LogP contribution in [0.5, 0.6) is 0 Å². The number of nitrogens with zero attached hydrogens (tertiary/aromatic N) is 3. The van der Waals surface area contributed by atoms with Crippen LogP contribution >= 0.6 is 15.6 Å². The Labute approximate surface area is 206 Å². The van der Waals surface area contributed by atoms with Gasteiger partial charge in [0.2, 0.25) is 5.95 Å². The van der Waals surface area contributed by atoms with E-state index < -0.39 is 77.0 Å². The maximum Gasteiger partial charge on any atom is 0.483 e. The molecule has 2 aromatic heterocycles. The first-order valence-electron chi connectivity index (χ1n) is 10.6. The Morgan fingerprint density at radius 3 is 2.57 bits per heavy atom. The molecule has 0 amide bonds. The number of nitrogen functional groups attached to an aromatic ring is 1. The first-order chi connectivity index (χ1) is 17.2. The zero-order valence-corrected chi connectivity index (χ0v) is 20.7. The Balaban J connectivity index is 1.36. The van der Waals surface area contributed by atoms with Crippen molar-refractivity contribution in [2.24, 2.45) is 0 Å². The van der Waals surface area contributed by atoms with Gasteiger partial charge >= 0.3 is 15.6 Å². The third kappa shape index (κ3) is 6.10. The topological polar surface area (TPSA) is 291 Å². The van der Waals surface area contributed by atoms with Gasteiger partial charge in [-0.2, -0.15) is 9.29 Å². The lowest BCUT2D eigenvalue weighted by atomic mass is 10.0. The highest BCUT2D eigenvalue weighted by Gasteiger charge is 2.47. The second-order valence-electron chi connectivity index (χ2n) is 8.33. The van der Waals surface area contributed by atoms with E-state index in [1.165, 1.54) is 17.8 Å². The van der Waals surface area contributed by atoms with Crippen LogP contribution in [0.25, 0.3) is 11.2 Å². The molecule has 2 fully saturated rings. The molecule has 2 unspecified atom stereocenters. The van der Waals surface area contributed by atoms with Crippen LogP contribution in [0.1, 0.15) is 19.6 Å². The number of hydrogen-bond donors (Lipinski definition) is 8. The van der Waals surface area contributed by atoms with Crippen molar-refractivity contribution in [2.75, 3.05) is 12.3 Å². The van der Waals surface area contributed by atoms with E-state index >= 15 is 0 Å². The zero-order valence-electron chi connectivity index (χ0n) is 18.9. The largest absolute Gasteiger partial charge is 0.483 e. The molecule has 0 spiro atoms. The monoisotopic (exact) mass is 573 g/mol.